The number of hydrogen-bond donors (Lipinski definition) is 0. The van der Waals surface area contributed by atoms with Crippen molar-refractivity contribution in [2.75, 3.05) is 6.61 Å². The van der Waals surface area contributed by atoms with Crippen molar-refractivity contribution in [1.29, 1.82) is 0 Å². The summed E-state index contributed by atoms with van der Waals surface area (Å²) >= 11 is 0. The van der Waals surface area contributed by atoms with Gasteiger partial charge in [-0.3, -0.25) is 0 Å². The molecule has 0 aromatic heterocycles. The number of benzene rings is 1. The maximum atomic E-state index is 13.6. The first-order valence-electron chi connectivity index (χ1n) is 6.19. The van der Waals surface area contributed by atoms with E-state index in [1.54, 1.807) is 12.1 Å². The minimum Gasteiger partial charge on any atom is -0.491 e. The molecule has 0 fully saturated rings. The molecule has 1 aromatic carbocycles. The van der Waals surface area contributed by atoms with Crippen LogP contribution < -0.4 is 4.74 Å². The topological polar surface area (TPSA) is 9.23 Å². The van der Waals surface area contributed by atoms with Gasteiger partial charge in [0.2, 0.25) is 0 Å². The highest BCUT2D eigenvalue weighted by molar-refractivity contribution is 5.29. The Balaban J connectivity index is 2.53. The zero-order valence-corrected chi connectivity index (χ0v) is 10.3. The van der Waals surface area contributed by atoms with Crippen LogP contribution in [0.1, 0.15) is 45.1 Å². The number of ether oxygens (including phenoxy) is 1. The van der Waals surface area contributed by atoms with Crippen molar-refractivity contribution < 1.29 is 9.13 Å². The van der Waals surface area contributed by atoms with Gasteiger partial charge in [-0.05, 0) is 37.0 Å². The standard InChI is InChI=1S/C14H21FO/c1-3-5-7-12-8-9-14(13(15)11-12)16-10-6-4-2/h8-9,11H,3-7,10H2,1-2H3. The molecule has 0 aliphatic carbocycles. The van der Waals surface area contributed by atoms with Crippen molar-refractivity contribution in [3.8, 4) is 5.75 Å². The van der Waals surface area contributed by atoms with Gasteiger partial charge >= 0.3 is 0 Å². The highest BCUT2D eigenvalue weighted by atomic mass is 19.1. The molecule has 90 valence electrons. The molecular weight excluding hydrogens is 203 g/mol. The molecule has 2 heteroatoms. The van der Waals surface area contributed by atoms with E-state index < -0.39 is 0 Å². The Morgan fingerprint density at radius 3 is 2.50 bits per heavy atom. The lowest BCUT2D eigenvalue weighted by Gasteiger charge is -2.08. The predicted octanol–water partition coefficient (Wildman–Crippen LogP) is 4.35. The predicted molar refractivity (Wildman–Crippen MR) is 65.4 cm³/mol. The lowest BCUT2D eigenvalue weighted by molar-refractivity contribution is 0.294. The Bertz CT molecular complexity index is 310. The van der Waals surface area contributed by atoms with Gasteiger partial charge in [-0.2, -0.15) is 0 Å². The Hall–Kier alpha value is -1.05. The van der Waals surface area contributed by atoms with Crippen molar-refractivity contribution in [3.05, 3.63) is 29.6 Å². The zero-order chi connectivity index (χ0) is 11.8. The molecule has 0 heterocycles. The normalized spacial score (nSPS) is 10.4. The number of halogens is 1. The Kier molecular flexibility index (Phi) is 5.91. The largest absolute Gasteiger partial charge is 0.491 e. The van der Waals surface area contributed by atoms with Gasteiger partial charge in [-0.15, -0.1) is 0 Å². The summed E-state index contributed by atoms with van der Waals surface area (Å²) < 4.78 is 18.9. The van der Waals surface area contributed by atoms with Crippen LogP contribution in [-0.4, -0.2) is 6.61 Å². The van der Waals surface area contributed by atoms with Crippen LogP contribution in [0.25, 0.3) is 0 Å². The third-order valence-electron chi connectivity index (χ3n) is 2.57. The maximum Gasteiger partial charge on any atom is 0.165 e. The first-order chi connectivity index (χ1) is 7.77. The molecule has 0 spiro atoms. The third-order valence-corrected chi connectivity index (χ3v) is 2.57. The van der Waals surface area contributed by atoms with Gasteiger partial charge in [0.15, 0.2) is 11.6 Å². The van der Waals surface area contributed by atoms with Crippen LogP contribution in [-0.2, 0) is 6.42 Å². The minimum absolute atomic E-state index is 0.232. The molecule has 0 saturated carbocycles. The molecule has 0 radical (unpaired) electrons. The van der Waals surface area contributed by atoms with Crippen molar-refractivity contribution in [1.82, 2.24) is 0 Å². The van der Waals surface area contributed by atoms with Gasteiger partial charge in [0, 0.05) is 0 Å². The molecular formula is C14H21FO. The van der Waals surface area contributed by atoms with Crippen molar-refractivity contribution >= 4 is 0 Å². The second-order valence-electron chi connectivity index (χ2n) is 4.07. The molecule has 0 aliphatic heterocycles. The molecule has 1 rings (SSSR count). The highest BCUT2D eigenvalue weighted by Crippen LogP contribution is 2.19. The number of aryl methyl sites for hydroxylation is 1. The second-order valence-corrected chi connectivity index (χ2v) is 4.07. The SMILES string of the molecule is CCCCOc1ccc(CCCC)cc1F. The summed E-state index contributed by atoms with van der Waals surface area (Å²) in [6.07, 6.45) is 5.22. The van der Waals surface area contributed by atoms with E-state index in [2.05, 4.69) is 13.8 Å². The number of hydrogen-bond acceptors (Lipinski definition) is 1. The molecule has 0 bridgehead atoms. The molecule has 0 saturated heterocycles. The quantitative estimate of drug-likeness (QED) is 0.626. The van der Waals surface area contributed by atoms with E-state index in [4.69, 9.17) is 4.74 Å². The third kappa shape index (κ3) is 4.21. The van der Waals surface area contributed by atoms with E-state index in [1.807, 2.05) is 6.07 Å². The fourth-order valence-corrected chi connectivity index (χ4v) is 1.52. The van der Waals surface area contributed by atoms with Crippen LogP contribution in [0, 0.1) is 5.82 Å². The number of unbranched alkanes of at least 4 members (excludes halogenated alkanes) is 2. The van der Waals surface area contributed by atoms with Crippen LogP contribution in [0.5, 0.6) is 5.75 Å². The average molecular weight is 224 g/mol. The summed E-state index contributed by atoms with van der Waals surface area (Å²) in [5, 5.41) is 0. The Morgan fingerprint density at radius 2 is 1.88 bits per heavy atom. The van der Waals surface area contributed by atoms with Gasteiger partial charge < -0.3 is 4.74 Å². The van der Waals surface area contributed by atoms with Crippen LogP contribution in [0.2, 0.25) is 0 Å². The van der Waals surface area contributed by atoms with E-state index in [0.29, 0.717) is 12.4 Å². The fraction of sp³-hybridized carbons (Fsp3) is 0.571. The highest BCUT2D eigenvalue weighted by Gasteiger charge is 2.04. The molecule has 1 aromatic rings. The minimum atomic E-state index is -0.232. The summed E-state index contributed by atoms with van der Waals surface area (Å²) in [6.45, 7) is 4.83. The first-order valence-corrected chi connectivity index (χ1v) is 6.19. The zero-order valence-electron chi connectivity index (χ0n) is 10.3. The summed E-state index contributed by atoms with van der Waals surface area (Å²) in [4.78, 5) is 0. The summed E-state index contributed by atoms with van der Waals surface area (Å²) in [7, 11) is 0. The van der Waals surface area contributed by atoms with Gasteiger partial charge in [0.05, 0.1) is 6.61 Å². The molecule has 0 amide bonds. The van der Waals surface area contributed by atoms with Crippen LogP contribution in [0.15, 0.2) is 18.2 Å². The van der Waals surface area contributed by atoms with Crippen LogP contribution >= 0.6 is 0 Å². The molecule has 0 N–H and O–H groups in total. The van der Waals surface area contributed by atoms with Crippen molar-refractivity contribution in [3.63, 3.8) is 0 Å². The smallest absolute Gasteiger partial charge is 0.165 e. The van der Waals surface area contributed by atoms with Crippen molar-refractivity contribution in [2.45, 2.75) is 46.0 Å². The lowest BCUT2D eigenvalue weighted by atomic mass is 10.1. The summed E-state index contributed by atoms with van der Waals surface area (Å²) in [5.74, 6) is 0.151. The Labute approximate surface area is 97.6 Å². The monoisotopic (exact) mass is 224 g/mol. The van der Waals surface area contributed by atoms with E-state index in [-0.39, 0.29) is 5.82 Å². The van der Waals surface area contributed by atoms with Crippen LogP contribution in [0.4, 0.5) is 4.39 Å². The van der Waals surface area contributed by atoms with Crippen molar-refractivity contribution in [2.24, 2.45) is 0 Å². The van der Waals surface area contributed by atoms with Gasteiger partial charge in [-0.25, -0.2) is 4.39 Å². The molecule has 0 atom stereocenters. The van der Waals surface area contributed by atoms with E-state index in [0.717, 1.165) is 37.7 Å². The number of rotatable bonds is 7. The van der Waals surface area contributed by atoms with E-state index in [1.165, 1.54) is 0 Å². The molecule has 0 aliphatic rings. The average Bonchev–Trinajstić information content (AvgIpc) is 2.29. The maximum absolute atomic E-state index is 13.6. The fourth-order valence-electron chi connectivity index (χ4n) is 1.52. The van der Waals surface area contributed by atoms with Gasteiger partial charge in [0.1, 0.15) is 0 Å². The molecule has 1 nitrogen and oxygen atoms in total. The van der Waals surface area contributed by atoms with Gasteiger partial charge in [-0.1, -0.05) is 32.8 Å². The van der Waals surface area contributed by atoms with Crippen LogP contribution in [0.3, 0.4) is 0 Å². The van der Waals surface area contributed by atoms with E-state index >= 15 is 0 Å². The molecule has 16 heavy (non-hydrogen) atoms. The first kappa shape index (κ1) is 13.0. The summed E-state index contributed by atoms with van der Waals surface area (Å²) in [5.41, 5.74) is 1.06. The lowest BCUT2D eigenvalue weighted by Crippen LogP contribution is -1.99. The Morgan fingerprint density at radius 1 is 1.12 bits per heavy atom. The molecule has 0 unspecified atom stereocenters. The summed E-state index contributed by atoms with van der Waals surface area (Å²) in [6, 6.07) is 5.30. The van der Waals surface area contributed by atoms with E-state index in [9.17, 15) is 4.39 Å². The second kappa shape index (κ2) is 7.26. The van der Waals surface area contributed by atoms with Gasteiger partial charge in [0.25, 0.3) is 0 Å².